The number of hydrogen-bond donors (Lipinski definition) is 1. The maximum atomic E-state index is 12.7. The lowest BCUT2D eigenvalue weighted by molar-refractivity contribution is 0.0743. The minimum atomic E-state index is 0.0918. The van der Waals surface area contributed by atoms with E-state index in [1.165, 1.54) is 0 Å². The Morgan fingerprint density at radius 1 is 1.53 bits per heavy atom. The number of pyridine rings is 1. The molecule has 1 N–H and O–H groups in total. The fourth-order valence-corrected chi connectivity index (χ4v) is 2.47. The van der Waals surface area contributed by atoms with Crippen LogP contribution in [-0.4, -0.2) is 34.9 Å². The lowest BCUT2D eigenvalue weighted by Crippen LogP contribution is -2.34. The van der Waals surface area contributed by atoms with Crippen molar-refractivity contribution in [3.8, 4) is 0 Å². The highest BCUT2D eigenvalue weighted by Crippen LogP contribution is 2.30. The van der Waals surface area contributed by atoms with Gasteiger partial charge >= 0.3 is 0 Å². The summed E-state index contributed by atoms with van der Waals surface area (Å²) in [5, 5.41) is 3.16. The summed E-state index contributed by atoms with van der Waals surface area (Å²) in [6.45, 7) is 5.68. The van der Waals surface area contributed by atoms with Gasteiger partial charge in [0.25, 0.3) is 5.91 Å². The first-order chi connectivity index (χ1) is 9.17. The van der Waals surface area contributed by atoms with Crippen LogP contribution in [-0.2, 0) is 0 Å². The fourth-order valence-electron chi connectivity index (χ4n) is 2.14. The number of nitrogens with one attached hydrogen (secondary N) is 1. The first-order valence-electron chi connectivity index (χ1n) is 6.87. The fraction of sp³-hybridized carbons (Fsp3) is 0.571. The van der Waals surface area contributed by atoms with Gasteiger partial charge in [-0.2, -0.15) is 0 Å². The van der Waals surface area contributed by atoms with Crippen LogP contribution in [0.2, 0.25) is 0 Å². The van der Waals surface area contributed by atoms with Crippen molar-refractivity contribution < 1.29 is 4.79 Å². The molecule has 0 spiro atoms. The normalized spacial score (nSPS) is 14.3. The zero-order chi connectivity index (χ0) is 13.8. The van der Waals surface area contributed by atoms with E-state index in [2.05, 4.69) is 33.2 Å². The van der Waals surface area contributed by atoms with Gasteiger partial charge in [-0.05, 0) is 48.2 Å². The molecule has 1 amide bonds. The zero-order valence-electron chi connectivity index (χ0n) is 11.4. The maximum absolute atomic E-state index is 12.7. The molecule has 0 aromatic carbocycles. The number of anilines is 1. The lowest BCUT2D eigenvalue weighted by Gasteiger charge is -2.23. The number of rotatable bonds is 6. The molecule has 1 fully saturated rings. The Morgan fingerprint density at radius 2 is 2.26 bits per heavy atom. The summed E-state index contributed by atoms with van der Waals surface area (Å²) < 4.78 is 0.838. The number of hydrogen-bond acceptors (Lipinski definition) is 3. The molecule has 0 unspecified atom stereocenters. The van der Waals surface area contributed by atoms with E-state index < -0.39 is 0 Å². The SMILES string of the molecule is CCCN(C(=O)c1cc(Br)cnc1NCC)C1CC1. The molecular formula is C14H20BrN3O. The van der Waals surface area contributed by atoms with Crippen molar-refractivity contribution in [2.75, 3.05) is 18.4 Å². The molecule has 0 atom stereocenters. The third-order valence-corrected chi connectivity index (χ3v) is 3.58. The van der Waals surface area contributed by atoms with Gasteiger partial charge < -0.3 is 10.2 Å². The van der Waals surface area contributed by atoms with Crippen molar-refractivity contribution in [3.05, 3.63) is 22.3 Å². The van der Waals surface area contributed by atoms with Crippen molar-refractivity contribution in [3.63, 3.8) is 0 Å². The van der Waals surface area contributed by atoms with Crippen LogP contribution in [0, 0.1) is 0 Å². The average molecular weight is 326 g/mol. The summed E-state index contributed by atoms with van der Waals surface area (Å²) in [6, 6.07) is 2.29. The van der Waals surface area contributed by atoms with Crippen LogP contribution in [0.4, 0.5) is 5.82 Å². The van der Waals surface area contributed by atoms with Gasteiger partial charge in [-0.15, -0.1) is 0 Å². The molecule has 1 heterocycles. The predicted octanol–water partition coefficient (Wildman–Crippen LogP) is 3.29. The summed E-state index contributed by atoms with van der Waals surface area (Å²) >= 11 is 3.40. The maximum Gasteiger partial charge on any atom is 0.257 e. The van der Waals surface area contributed by atoms with Crippen LogP contribution < -0.4 is 5.32 Å². The van der Waals surface area contributed by atoms with Gasteiger partial charge in [0, 0.05) is 29.8 Å². The smallest absolute Gasteiger partial charge is 0.257 e. The molecule has 0 radical (unpaired) electrons. The van der Waals surface area contributed by atoms with Gasteiger partial charge in [0.15, 0.2) is 0 Å². The quantitative estimate of drug-likeness (QED) is 0.872. The van der Waals surface area contributed by atoms with Crippen LogP contribution in [0.15, 0.2) is 16.7 Å². The van der Waals surface area contributed by atoms with Crippen molar-refractivity contribution in [1.82, 2.24) is 9.88 Å². The molecule has 0 saturated heterocycles. The third kappa shape index (κ3) is 3.47. The average Bonchev–Trinajstić information content (AvgIpc) is 3.22. The molecule has 1 aromatic heterocycles. The van der Waals surface area contributed by atoms with Gasteiger partial charge in [0.2, 0.25) is 0 Å². The topological polar surface area (TPSA) is 45.2 Å². The van der Waals surface area contributed by atoms with Crippen molar-refractivity contribution >= 4 is 27.7 Å². The summed E-state index contributed by atoms with van der Waals surface area (Å²) in [7, 11) is 0. The van der Waals surface area contributed by atoms with Gasteiger partial charge in [-0.25, -0.2) is 4.98 Å². The minimum Gasteiger partial charge on any atom is -0.370 e. The highest BCUT2D eigenvalue weighted by Gasteiger charge is 2.33. The second kappa shape index (κ2) is 6.37. The molecule has 1 aliphatic carbocycles. The van der Waals surface area contributed by atoms with Crippen LogP contribution in [0.5, 0.6) is 0 Å². The van der Waals surface area contributed by atoms with E-state index in [9.17, 15) is 4.79 Å². The molecule has 2 rings (SSSR count). The standard InChI is InChI=1S/C14H20BrN3O/c1-3-7-18(11-5-6-11)14(19)12-8-10(15)9-17-13(12)16-4-2/h8-9,11H,3-7H2,1-2H3,(H,16,17). The van der Waals surface area contributed by atoms with Crippen molar-refractivity contribution in [2.45, 2.75) is 39.2 Å². The van der Waals surface area contributed by atoms with Crippen LogP contribution in [0.3, 0.4) is 0 Å². The molecule has 4 nitrogen and oxygen atoms in total. The molecule has 5 heteroatoms. The second-order valence-electron chi connectivity index (χ2n) is 4.81. The summed E-state index contributed by atoms with van der Waals surface area (Å²) in [4.78, 5) is 19.0. The van der Waals surface area contributed by atoms with E-state index in [1.807, 2.05) is 17.9 Å². The van der Waals surface area contributed by atoms with Gasteiger partial charge in [-0.3, -0.25) is 4.79 Å². The second-order valence-corrected chi connectivity index (χ2v) is 5.73. The number of aromatic nitrogens is 1. The molecular weight excluding hydrogens is 306 g/mol. The highest BCUT2D eigenvalue weighted by molar-refractivity contribution is 9.10. The molecule has 1 aromatic rings. The minimum absolute atomic E-state index is 0.0918. The third-order valence-electron chi connectivity index (χ3n) is 3.14. The lowest BCUT2D eigenvalue weighted by atomic mass is 10.2. The molecule has 1 saturated carbocycles. The molecule has 104 valence electrons. The Kier molecular flexibility index (Phi) is 4.80. The van der Waals surface area contributed by atoms with Crippen LogP contribution in [0.25, 0.3) is 0 Å². The largest absolute Gasteiger partial charge is 0.370 e. The first-order valence-corrected chi connectivity index (χ1v) is 7.67. The predicted molar refractivity (Wildman–Crippen MR) is 80.5 cm³/mol. The first kappa shape index (κ1) is 14.3. The van der Waals surface area contributed by atoms with E-state index in [4.69, 9.17) is 0 Å². The molecule has 1 aliphatic rings. The van der Waals surface area contributed by atoms with Crippen molar-refractivity contribution in [1.29, 1.82) is 0 Å². The van der Waals surface area contributed by atoms with E-state index >= 15 is 0 Å². The van der Waals surface area contributed by atoms with E-state index in [1.54, 1.807) is 6.20 Å². The highest BCUT2D eigenvalue weighted by atomic mass is 79.9. The number of carbonyl (C=O) groups excluding carboxylic acids is 1. The van der Waals surface area contributed by atoms with Crippen molar-refractivity contribution in [2.24, 2.45) is 0 Å². The van der Waals surface area contributed by atoms with Gasteiger partial charge in [0.05, 0.1) is 5.56 Å². The Labute approximate surface area is 122 Å². The van der Waals surface area contributed by atoms with E-state index in [0.717, 1.165) is 36.8 Å². The Morgan fingerprint density at radius 3 is 2.84 bits per heavy atom. The zero-order valence-corrected chi connectivity index (χ0v) is 13.0. The molecule has 0 bridgehead atoms. The number of halogens is 1. The summed E-state index contributed by atoms with van der Waals surface area (Å²) in [5.41, 5.74) is 0.663. The number of nitrogens with zero attached hydrogens (tertiary/aromatic N) is 2. The Hall–Kier alpha value is -1.10. The number of carbonyl (C=O) groups is 1. The van der Waals surface area contributed by atoms with Crippen LogP contribution in [0.1, 0.15) is 43.5 Å². The number of amides is 1. The van der Waals surface area contributed by atoms with Gasteiger partial charge in [-0.1, -0.05) is 6.92 Å². The van der Waals surface area contributed by atoms with Gasteiger partial charge in [0.1, 0.15) is 5.82 Å². The van der Waals surface area contributed by atoms with Crippen LogP contribution >= 0.6 is 15.9 Å². The molecule has 0 aliphatic heterocycles. The Balaban J connectivity index is 2.27. The van der Waals surface area contributed by atoms with E-state index in [0.29, 0.717) is 17.4 Å². The molecule has 19 heavy (non-hydrogen) atoms. The Bertz CT molecular complexity index is 460. The monoisotopic (exact) mass is 325 g/mol. The van der Waals surface area contributed by atoms with E-state index in [-0.39, 0.29) is 5.91 Å². The summed E-state index contributed by atoms with van der Waals surface area (Å²) in [6.07, 6.45) is 4.96. The summed E-state index contributed by atoms with van der Waals surface area (Å²) in [5.74, 6) is 0.770.